The number of hydrogen-bond acceptors (Lipinski definition) is 5. The lowest BCUT2D eigenvalue weighted by atomic mass is 9.37. The number of fused-ring (bicyclic) bond motifs is 12. The molecule has 3 aliphatic rings. The van der Waals surface area contributed by atoms with E-state index >= 15 is 0 Å². The van der Waals surface area contributed by atoms with Crippen LogP contribution in [0.5, 0.6) is 11.5 Å². The maximum Gasteiger partial charge on any atom is 0.268 e. The third kappa shape index (κ3) is 5.91. The predicted molar refractivity (Wildman–Crippen MR) is 285 cm³/mol. The van der Waals surface area contributed by atoms with Gasteiger partial charge in [-0.2, -0.15) is 0 Å². The Morgan fingerprint density at radius 2 is 1.19 bits per heavy atom. The van der Waals surface area contributed by atoms with Crippen molar-refractivity contribution < 1.29 is 9.15 Å². The fraction of sp³-hybridized carbons (Fsp3) is 0.180. The van der Waals surface area contributed by atoms with E-state index in [0.717, 1.165) is 61.9 Å². The Bertz CT molecular complexity index is 3620. The van der Waals surface area contributed by atoms with Crippen molar-refractivity contribution in [1.82, 2.24) is 0 Å². The molecule has 6 heteroatoms. The van der Waals surface area contributed by atoms with Crippen LogP contribution in [0.4, 0.5) is 34.1 Å². The highest BCUT2D eigenvalue weighted by atomic mass is 32.1. The molecule has 0 radical (unpaired) electrons. The normalized spacial score (nSPS) is 14.4. The van der Waals surface area contributed by atoms with E-state index in [1.165, 1.54) is 64.9 Å². The molecule has 0 saturated heterocycles. The molecule has 0 bridgehead atoms. The summed E-state index contributed by atoms with van der Waals surface area (Å²) in [5.74, 6) is 1.76. The van der Waals surface area contributed by atoms with Gasteiger partial charge in [0.05, 0.1) is 11.4 Å². The maximum atomic E-state index is 7.18. The topological polar surface area (TPSA) is 28.9 Å². The Kier molecular flexibility index (Phi) is 8.42. The van der Waals surface area contributed by atoms with Gasteiger partial charge in [0.25, 0.3) is 6.71 Å². The fourth-order valence-electron chi connectivity index (χ4n) is 11.3. The quantitative estimate of drug-likeness (QED) is 0.165. The molecule has 13 rings (SSSR count). The number of anilines is 6. The Morgan fingerprint density at radius 3 is 1.93 bits per heavy atom. The van der Waals surface area contributed by atoms with Crippen LogP contribution in [0.15, 0.2) is 168 Å². The summed E-state index contributed by atoms with van der Waals surface area (Å²) in [4.78, 5) is 4.86. The summed E-state index contributed by atoms with van der Waals surface area (Å²) in [7, 11) is 0. The first-order valence-corrected chi connectivity index (χ1v) is 24.4. The lowest BCUT2D eigenvalue weighted by Crippen LogP contribution is -2.58. The second kappa shape index (κ2) is 14.0. The second-order valence-electron chi connectivity index (χ2n) is 21.3. The maximum absolute atomic E-state index is 7.18. The van der Waals surface area contributed by atoms with Crippen molar-refractivity contribution in [3.63, 3.8) is 0 Å². The van der Waals surface area contributed by atoms with Crippen molar-refractivity contribution in [3.8, 4) is 22.6 Å². The first-order chi connectivity index (χ1) is 32.2. The molecule has 2 aromatic heterocycles. The first-order valence-electron chi connectivity index (χ1n) is 23.6. The standard InChI is InChI=1S/C61H51BN2O2S/c1-59(2,3)36-23-27-38(28-24-36)63(39-29-25-37(26-30-39)60(4,5)6)40-31-32-48-53(33-40)65-52-22-14-19-49-55(52)62(48)58-56(64(49)50-20-13-17-43-42-16-10-12-21-51(42)66-57(43)50)45-34-44-41-15-9-11-18-46(41)61(7,8)47(44)35-54(45)67-58/h9-35H,1-8H3. The summed E-state index contributed by atoms with van der Waals surface area (Å²) in [6.45, 7) is 18.3. The zero-order valence-corrected chi connectivity index (χ0v) is 40.1. The van der Waals surface area contributed by atoms with Crippen LogP contribution in [0.3, 0.4) is 0 Å². The lowest BCUT2D eigenvalue weighted by Gasteiger charge is -2.38. The summed E-state index contributed by atoms with van der Waals surface area (Å²) in [6.07, 6.45) is 0. The van der Waals surface area contributed by atoms with Gasteiger partial charge in [-0.05, 0) is 122 Å². The lowest BCUT2D eigenvalue weighted by molar-refractivity contribution is 0.487. The zero-order chi connectivity index (χ0) is 45.7. The molecule has 0 saturated carbocycles. The minimum absolute atomic E-state index is 0.0457. The van der Waals surface area contributed by atoms with Gasteiger partial charge in [0.15, 0.2) is 5.58 Å². The van der Waals surface area contributed by atoms with Gasteiger partial charge < -0.3 is 19.0 Å². The van der Waals surface area contributed by atoms with Crippen LogP contribution in [0.2, 0.25) is 0 Å². The first kappa shape index (κ1) is 40.3. The molecule has 0 spiro atoms. The average Bonchev–Trinajstić information content (AvgIpc) is 3.96. The Morgan fingerprint density at radius 1 is 0.552 bits per heavy atom. The van der Waals surface area contributed by atoms with Crippen molar-refractivity contribution in [2.24, 2.45) is 0 Å². The largest absolute Gasteiger partial charge is 0.458 e. The summed E-state index contributed by atoms with van der Waals surface area (Å²) in [5, 5.41) is 3.48. The van der Waals surface area contributed by atoms with Crippen LogP contribution >= 0.6 is 11.3 Å². The number of benzene rings is 8. The highest BCUT2D eigenvalue weighted by Gasteiger charge is 2.45. The number of hydrogen-bond donors (Lipinski definition) is 0. The van der Waals surface area contributed by atoms with Gasteiger partial charge in [-0.25, -0.2) is 0 Å². The zero-order valence-electron chi connectivity index (χ0n) is 39.3. The average molecular weight is 887 g/mol. The van der Waals surface area contributed by atoms with Crippen molar-refractivity contribution in [1.29, 1.82) is 0 Å². The molecule has 4 heterocycles. The summed E-state index contributed by atoms with van der Waals surface area (Å²) < 4.78 is 16.6. The number of nitrogens with zero attached hydrogens (tertiary/aromatic N) is 2. The second-order valence-corrected chi connectivity index (χ2v) is 22.4. The summed E-state index contributed by atoms with van der Waals surface area (Å²) in [5.41, 5.74) is 18.7. The molecule has 4 nitrogen and oxygen atoms in total. The minimum Gasteiger partial charge on any atom is -0.458 e. The van der Waals surface area contributed by atoms with Crippen molar-refractivity contribution in [2.45, 2.75) is 71.6 Å². The molecule has 2 aliphatic heterocycles. The highest BCUT2D eigenvalue weighted by Crippen LogP contribution is 2.54. The Labute approximate surface area is 397 Å². The fourth-order valence-corrected chi connectivity index (χ4v) is 12.7. The van der Waals surface area contributed by atoms with Gasteiger partial charge >= 0.3 is 0 Å². The van der Waals surface area contributed by atoms with E-state index in [4.69, 9.17) is 9.15 Å². The molecule has 0 atom stereocenters. The van der Waals surface area contributed by atoms with Gasteiger partial charge in [-0.3, -0.25) is 0 Å². The molecule has 1 aliphatic carbocycles. The third-order valence-electron chi connectivity index (χ3n) is 14.8. The van der Waals surface area contributed by atoms with Crippen LogP contribution in [0.25, 0.3) is 43.2 Å². The van der Waals surface area contributed by atoms with E-state index in [1.807, 2.05) is 11.3 Å². The number of thiophene rings is 1. The van der Waals surface area contributed by atoms with Gasteiger partial charge in [0, 0.05) is 59.9 Å². The number of para-hydroxylation sites is 2. The van der Waals surface area contributed by atoms with Crippen molar-refractivity contribution in [3.05, 3.63) is 186 Å². The van der Waals surface area contributed by atoms with Crippen LogP contribution < -0.4 is 30.2 Å². The smallest absolute Gasteiger partial charge is 0.268 e. The molecule has 326 valence electrons. The molecular weight excluding hydrogens is 836 g/mol. The number of furan rings is 1. The molecule has 10 aromatic rings. The molecule has 0 N–H and O–H groups in total. The minimum atomic E-state index is -0.117. The van der Waals surface area contributed by atoms with E-state index in [-0.39, 0.29) is 23.0 Å². The number of rotatable bonds is 4. The molecule has 8 aromatic carbocycles. The van der Waals surface area contributed by atoms with Crippen molar-refractivity contribution in [2.75, 3.05) is 9.80 Å². The molecule has 0 unspecified atom stereocenters. The van der Waals surface area contributed by atoms with E-state index in [9.17, 15) is 0 Å². The summed E-state index contributed by atoms with van der Waals surface area (Å²) in [6, 6.07) is 60.6. The SMILES string of the molecule is CC(C)(C)c1ccc(N(c2ccc(C(C)(C)C)cc2)c2ccc3c(c2)Oc2cccc4c2B3c2sc3cc5c(cc3c2N4c2cccc3c2oc2ccccc23)-c2ccccc2C5(C)C)cc1. The van der Waals surface area contributed by atoms with Gasteiger partial charge in [0.1, 0.15) is 17.1 Å². The van der Waals surface area contributed by atoms with Crippen molar-refractivity contribution >= 4 is 99.9 Å². The number of ether oxygens (including phenoxy) is 1. The molecular formula is C61H51BN2O2S. The van der Waals surface area contributed by atoms with E-state index < -0.39 is 0 Å². The summed E-state index contributed by atoms with van der Waals surface area (Å²) >= 11 is 1.93. The van der Waals surface area contributed by atoms with E-state index in [0.29, 0.717) is 0 Å². The van der Waals surface area contributed by atoms with Crippen LogP contribution in [0.1, 0.15) is 77.6 Å². The Hall–Kier alpha value is -7.02. The third-order valence-corrected chi connectivity index (χ3v) is 16.1. The van der Waals surface area contributed by atoms with Crippen LogP contribution in [0, 0.1) is 0 Å². The molecule has 0 fully saturated rings. The van der Waals surface area contributed by atoms with Crippen LogP contribution in [-0.2, 0) is 16.2 Å². The Balaban J connectivity index is 1.03. The van der Waals surface area contributed by atoms with Gasteiger partial charge in [0.2, 0.25) is 0 Å². The van der Waals surface area contributed by atoms with Gasteiger partial charge in [-0.1, -0.05) is 146 Å². The molecule has 67 heavy (non-hydrogen) atoms. The van der Waals surface area contributed by atoms with E-state index in [2.05, 4.69) is 229 Å². The van der Waals surface area contributed by atoms with Gasteiger partial charge in [-0.15, -0.1) is 11.3 Å². The van der Waals surface area contributed by atoms with E-state index in [1.54, 1.807) is 0 Å². The highest BCUT2D eigenvalue weighted by molar-refractivity contribution is 7.33. The molecule has 0 amide bonds. The van der Waals surface area contributed by atoms with Crippen LogP contribution in [-0.4, -0.2) is 6.71 Å². The predicted octanol–water partition coefficient (Wildman–Crippen LogP) is 15.6. The monoisotopic (exact) mass is 886 g/mol.